The van der Waals surface area contributed by atoms with Crippen molar-refractivity contribution < 1.29 is 52.4 Å². The van der Waals surface area contributed by atoms with Gasteiger partial charge >= 0.3 is 19.7 Å². The lowest BCUT2D eigenvalue weighted by atomic mass is 9.96. The Bertz CT molecular complexity index is 1600. The maximum Gasteiger partial charge on any atom is 0.406 e. The van der Waals surface area contributed by atoms with Crippen LogP contribution in [0.3, 0.4) is 0 Å². The topological polar surface area (TPSA) is 229 Å². The Balaban J connectivity index is 1.55. The van der Waals surface area contributed by atoms with Crippen molar-refractivity contribution in [1.29, 1.82) is 0 Å². The highest BCUT2D eigenvalue weighted by Crippen LogP contribution is 2.47. The number of benzene rings is 1. The molecule has 5 N–H and O–H groups in total. The molecule has 0 radical (unpaired) electrons. The van der Waals surface area contributed by atoms with Gasteiger partial charge in [-0.3, -0.25) is 18.4 Å². The molecule has 0 spiro atoms. The number of fused-ring (bicyclic) bond motifs is 1. The molecule has 17 nitrogen and oxygen atoms in total. The van der Waals surface area contributed by atoms with E-state index >= 15 is 0 Å². The normalized spacial score (nSPS) is 22.9. The van der Waals surface area contributed by atoms with Crippen LogP contribution in [0.4, 0.5) is 5.95 Å². The fraction of sp³-hybridized carbons (Fsp3) is 0.567. The molecule has 1 aromatic carbocycles. The van der Waals surface area contributed by atoms with Crippen LogP contribution in [0.5, 0.6) is 5.88 Å². The average molecular weight is 695 g/mol. The highest BCUT2D eigenvalue weighted by molar-refractivity contribution is 7.51. The number of nitrogens with zero attached hydrogens (tertiary/aromatic N) is 4. The van der Waals surface area contributed by atoms with Crippen LogP contribution < -0.4 is 15.6 Å². The monoisotopic (exact) mass is 694 g/mol. The first-order chi connectivity index (χ1) is 22.6. The maximum absolute atomic E-state index is 14.2. The number of carbonyl (C=O) groups excluding carboxylic acids is 2. The van der Waals surface area contributed by atoms with E-state index < -0.39 is 69.1 Å². The number of imidazole rings is 1. The molecule has 6 atom stereocenters. The number of carbonyl (C=O) groups is 2. The average Bonchev–Trinajstić information content (AvgIpc) is 3.54. The van der Waals surface area contributed by atoms with E-state index in [0.29, 0.717) is 0 Å². The number of aromatic nitrogens is 4. The van der Waals surface area contributed by atoms with Crippen molar-refractivity contribution in [2.24, 2.45) is 5.92 Å². The number of rotatable bonds is 16. The van der Waals surface area contributed by atoms with Crippen LogP contribution >= 0.6 is 7.75 Å². The summed E-state index contributed by atoms with van der Waals surface area (Å²) in [5, 5.41) is 25.1. The largest absolute Gasteiger partial charge is 0.479 e. The molecule has 1 aliphatic heterocycles. The Hall–Kier alpha value is -3.70. The molecule has 0 amide bonds. The first kappa shape index (κ1) is 37.1. The minimum absolute atomic E-state index is 0.0351. The molecule has 48 heavy (non-hydrogen) atoms. The summed E-state index contributed by atoms with van der Waals surface area (Å²) in [5.74, 6) is -1.66. The Kier molecular flexibility index (Phi) is 12.1. The predicted octanol–water partition coefficient (Wildman–Crippen LogP) is 2.27. The molecule has 1 unspecified atom stereocenters. The van der Waals surface area contributed by atoms with E-state index in [1.165, 1.54) is 24.9 Å². The number of hydrogen-bond acceptors (Lipinski definition) is 15. The van der Waals surface area contributed by atoms with E-state index in [4.69, 9.17) is 33.7 Å². The Labute approximate surface area is 277 Å². The second kappa shape index (κ2) is 15.7. The van der Waals surface area contributed by atoms with E-state index in [1.54, 1.807) is 38.1 Å². The molecule has 1 aliphatic rings. The van der Waals surface area contributed by atoms with Crippen LogP contribution in [0.2, 0.25) is 0 Å². The Morgan fingerprint density at radius 2 is 1.88 bits per heavy atom. The molecular weight excluding hydrogens is 651 g/mol. The number of methoxy groups -OCH3 is 1. The van der Waals surface area contributed by atoms with E-state index in [-0.39, 0.29) is 41.9 Å². The van der Waals surface area contributed by atoms with E-state index in [9.17, 15) is 24.4 Å². The van der Waals surface area contributed by atoms with Crippen molar-refractivity contribution in [2.45, 2.75) is 83.8 Å². The van der Waals surface area contributed by atoms with E-state index in [0.717, 1.165) is 5.56 Å². The highest BCUT2D eigenvalue weighted by Gasteiger charge is 2.54. The van der Waals surface area contributed by atoms with Crippen molar-refractivity contribution in [3.63, 3.8) is 0 Å². The third kappa shape index (κ3) is 9.05. The standard InChI is InChI=1S/C30H43N6O11P/c1-17(2)12-20(27(39)43-13-19-10-8-7-9-11-19)35-48(41,45-15-22(37)46-18(3)4)44-14-21-24(38)30(5,40)28(47-21)36-16-32-23-25(36)33-29(31)34-26(23)42-6/h7-11,16-18,20-21,24,28,38,40H,12-15H2,1-6H3,(H,35,41)(H2,31,33,34)/t20-,21+,24+,28+,30+,48?/m0/s1. The molecule has 1 fully saturated rings. The van der Waals surface area contributed by atoms with Gasteiger partial charge in [0, 0.05) is 0 Å². The second-order valence-electron chi connectivity index (χ2n) is 12.1. The summed E-state index contributed by atoms with van der Waals surface area (Å²) in [4.78, 5) is 37.9. The van der Waals surface area contributed by atoms with Gasteiger partial charge in [0.1, 0.15) is 30.5 Å². The second-order valence-corrected chi connectivity index (χ2v) is 13.9. The summed E-state index contributed by atoms with van der Waals surface area (Å²) in [6.45, 7) is 6.87. The number of ether oxygens (including phenoxy) is 4. The fourth-order valence-electron chi connectivity index (χ4n) is 5.01. The minimum Gasteiger partial charge on any atom is -0.479 e. The quantitative estimate of drug-likeness (QED) is 0.124. The van der Waals surface area contributed by atoms with E-state index in [1.807, 2.05) is 19.9 Å². The van der Waals surface area contributed by atoms with Gasteiger partial charge in [0.25, 0.3) is 0 Å². The van der Waals surface area contributed by atoms with Crippen molar-refractivity contribution in [3.8, 4) is 5.88 Å². The van der Waals surface area contributed by atoms with Crippen LogP contribution in [0.25, 0.3) is 11.2 Å². The molecule has 0 saturated carbocycles. The molecule has 264 valence electrons. The number of nitrogens with one attached hydrogen (secondary N) is 1. The number of esters is 2. The van der Waals surface area contributed by atoms with E-state index in [2.05, 4.69) is 20.0 Å². The zero-order valence-electron chi connectivity index (χ0n) is 27.6. The summed E-state index contributed by atoms with van der Waals surface area (Å²) in [6, 6.07) is 7.83. The molecule has 0 bridgehead atoms. The maximum atomic E-state index is 14.2. The highest BCUT2D eigenvalue weighted by atomic mass is 31.2. The first-order valence-corrected chi connectivity index (χ1v) is 16.8. The summed E-state index contributed by atoms with van der Waals surface area (Å²) in [6.07, 6.45) is -3.16. The van der Waals surface area contributed by atoms with Crippen LogP contribution in [-0.4, -0.2) is 91.9 Å². The SMILES string of the molecule is COc1nc(N)nc2c1ncn2[C@@H]1O[C@H](COP(=O)(N[C@@H](CC(C)C)C(=O)OCc2ccccc2)OCC(=O)OC(C)C)[C@@H](O)[C@@]1(C)O. The van der Waals surface area contributed by atoms with Crippen molar-refractivity contribution in [2.75, 3.05) is 26.1 Å². The number of nitrogens with two attached hydrogens (primary N) is 1. The molecule has 4 rings (SSSR count). The van der Waals surface area contributed by atoms with Crippen molar-refractivity contribution >= 4 is 36.8 Å². The molecule has 0 aliphatic carbocycles. The number of anilines is 1. The van der Waals surface area contributed by atoms with Gasteiger partial charge in [0.2, 0.25) is 11.8 Å². The number of nitrogen functional groups attached to an aromatic ring is 1. The molecule has 2 aromatic heterocycles. The minimum atomic E-state index is -4.53. The zero-order valence-corrected chi connectivity index (χ0v) is 28.5. The number of aliphatic hydroxyl groups excluding tert-OH is 1. The summed E-state index contributed by atoms with van der Waals surface area (Å²) < 4.78 is 48.4. The lowest BCUT2D eigenvalue weighted by molar-refractivity contribution is -0.150. The van der Waals surface area contributed by atoms with Gasteiger partial charge in [-0.05, 0) is 38.7 Å². The molecule has 18 heteroatoms. The number of hydrogen-bond donors (Lipinski definition) is 4. The smallest absolute Gasteiger partial charge is 0.406 e. The zero-order chi connectivity index (χ0) is 35.2. The fourth-order valence-corrected chi connectivity index (χ4v) is 6.44. The molecule has 3 heterocycles. The van der Waals surface area contributed by atoms with Crippen LogP contribution in [-0.2, 0) is 44.0 Å². The van der Waals surface area contributed by atoms with Gasteiger partial charge in [-0.1, -0.05) is 44.2 Å². The Morgan fingerprint density at radius 3 is 2.52 bits per heavy atom. The van der Waals surface area contributed by atoms with Gasteiger partial charge in [-0.15, -0.1) is 0 Å². The number of aliphatic hydroxyl groups is 2. The summed E-state index contributed by atoms with van der Waals surface area (Å²) >= 11 is 0. The molecule has 1 saturated heterocycles. The lowest BCUT2D eigenvalue weighted by Gasteiger charge is -2.27. The van der Waals surface area contributed by atoms with Crippen LogP contribution in [0.15, 0.2) is 36.7 Å². The lowest BCUT2D eigenvalue weighted by Crippen LogP contribution is -2.44. The van der Waals surface area contributed by atoms with Gasteiger partial charge < -0.3 is 34.9 Å². The van der Waals surface area contributed by atoms with Gasteiger partial charge in [0.15, 0.2) is 24.0 Å². The van der Waals surface area contributed by atoms with Gasteiger partial charge in [0.05, 0.1) is 26.1 Å². The van der Waals surface area contributed by atoms with Gasteiger partial charge in [-0.2, -0.15) is 9.97 Å². The first-order valence-electron chi connectivity index (χ1n) is 15.3. The Morgan fingerprint density at radius 1 is 1.17 bits per heavy atom. The third-order valence-corrected chi connectivity index (χ3v) is 8.85. The third-order valence-electron chi connectivity index (χ3n) is 7.27. The summed E-state index contributed by atoms with van der Waals surface area (Å²) in [7, 11) is -3.15. The van der Waals surface area contributed by atoms with Crippen molar-refractivity contribution in [1.82, 2.24) is 24.6 Å². The van der Waals surface area contributed by atoms with Crippen molar-refractivity contribution in [3.05, 3.63) is 42.2 Å². The molecule has 3 aromatic rings. The van der Waals surface area contributed by atoms with Gasteiger partial charge in [-0.25, -0.2) is 19.4 Å². The van der Waals surface area contributed by atoms with Crippen LogP contribution in [0, 0.1) is 5.92 Å². The van der Waals surface area contributed by atoms with Crippen LogP contribution in [0.1, 0.15) is 52.8 Å². The predicted molar refractivity (Wildman–Crippen MR) is 170 cm³/mol. The summed E-state index contributed by atoms with van der Waals surface area (Å²) in [5.41, 5.74) is 5.01. The molecular formula is C30H43N6O11P.